The maximum absolute atomic E-state index is 2.52. The summed E-state index contributed by atoms with van der Waals surface area (Å²) in [7, 11) is 0. The Balaban J connectivity index is 1.29. The number of hydrogen-bond donors (Lipinski definition) is 0. The van der Waals surface area contributed by atoms with Gasteiger partial charge in [0.15, 0.2) is 0 Å². The summed E-state index contributed by atoms with van der Waals surface area (Å²) >= 11 is 0. The molecule has 5 heterocycles. The molecule has 38 heavy (non-hydrogen) atoms. The van der Waals surface area contributed by atoms with Gasteiger partial charge in [0, 0.05) is 53.9 Å². The number of benzene rings is 6. The van der Waals surface area contributed by atoms with Crippen LogP contribution in [0.5, 0.6) is 0 Å². The SMILES string of the molecule is c1ccc2c(c1)c1cccc3c4cc(-c5cc6c7cccc8c9cccc%10c(c5)c6n(c87)c9%10)ccc4n2c13. The van der Waals surface area contributed by atoms with Crippen LogP contribution in [-0.4, -0.2) is 8.80 Å². The number of para-hydroxylation sites is 4. The van der Waals surface area contributed by atoms with E-state index in [1.54, 1.807) is 0 Å². The second kappa shape index (κ2) is 5.74. The first kappa shape index (κ1) is 18.2. The van der Waals surface area contributed by atoms with Crippen molar-refractivity contribution in [3.63, 3.8) is 0 Å². The molecule has 0 saturated heterocycles. The molecule has 172 valence electrons. The van der Waals surface area contributed by atoms with Crippen molar-refractivity contribution in [3.05, 3.63) is 109 Å². The molecule has 0 radical (unpaired) electrons. The zero-order chi connectivity index (χ0) is 24.3. The number of rotatable bonds is 1. The average molecular weight is 479 g/mol. The van der Waals surface area contributed by atoms with Crippen LogP contribution in [0.15, 0.2) is 109 Å². The Hall–Kier alpha value is -5.08. The molecule has 0 bridgehead atoms. The van der Waals surface area contributed by atoms with Crippen LogP contribution in [0.1, 0.15) is 0 Å². The number of fused-ring (bicyclic) bond motifs is 9. The smallest absolute Gasteiger partial charge is 0.0621 e. The Morgan fingerprint density at radius 2 is 0.737 bits per heavy atom. The molecule has 2 heteroatoms. The predicted octanol–water partition coefficient (Wildman–Crippen LogP) is 9.68. The molecule has 0 spiro atoms. The summed E-state index contributed by atoms with van der Waals surface area (Å²) < 4.78 is 4.98. The normalized spacial score (nSPS) is 13.3. The minimum absolute atomic E-state index is 1.27. The van der Waals surface area contributed by atoms with E-state index in [9.17, 15) is 0 Å². The standard InChI is InChI=1S/C36H18N2/c1-2-13-31-21(6-1)22-7-3-10-25-28-16-19(14-15-32(28)37(31)33(22)25)20-17-29-26-11-4-8-23-24-9-5-12-27-30(18-20)36(29)38(34(23)26)35(24)27/h1-18H. The van der Waals surface area contributed by atoms with Gasteiger partial charge in [-0.2, -0.15) is 0 Å². The van der Waals surface area contributed by atoms with Crippen molar-refractivity contribution >= 4 is 87.0 Å². The largest absolute Gasteiger partial charge is 0.308 e. The van der Waals surface area contributed by atoms with Crippen LogP contribution in [-0.2, 0) is 0 Å². The van der Waals surface area contributed by atoms with E-state index in [-0.39, 0.29) is 0 Å². The number of aromatic nitrogens is 2. The van der Waals surface area contributed by atoms with E-state index in [4.69, 9.17) is 0 Å². The summed E-state index contributed by atoms with van der Waals surface area (Å²) in [6.45, 7) is 0. The highest BCUT2D eigenvalue weighted by Crippen LogP contribution is 2.48. The summed E-state index contributed by atoms with van der Waals surface area (Å²) in [5.41, 5.74) is 10.6. The topological polar surface area (TPSA) is 8.82 Å². The third kappa shape index (κ3) is 1.77. The van der Waals surface area contributed by atoms with Gasteiger partial charge in [-0.3, -0.25) is 0 Å². The van der Waals surface area contributed by atoms with Crippen molar-refractivity contribution in [2.24, 2.45) is 0 Å². The third-order valence-electron chi connectivity index (χ3n) is 9.28. The van der Waals surface area contributed by atoms with Crippen LogP contribution in [0.3, 0.4) is 0 Å². The van der Waals surface area contributed by atoms with Crippen molar-refractivity contribution in [3.8, 4) is 11.1 Å². The Morgan fingerprint density at radius 3 is 1.42 bits per heavy atom. The van der Waals surface area contributed by atoms with Crippen molar-refractivity contribution in [1.29, 1.82) is 0 Å². The molecule has 0 saturated carbocycles. The Labute approximate surface area is 215 Å². The van der Waals surface area contributed by atoms with E-state index >= 15 is 0 Å². The molecular formula is C36H18N2. The first-order valence-corrected chi connectivity index (χ1v) is 13.3. The molecule has 2 nitrogen and oxygen atoms in total. The monoisotopic (exact) mass is 478 g/mol. The van der Waals surface area contributed by atoms with Gasteiger partial charge in [0.2, 0.25) is 0 Å². The van der Waals surface area contributed by atoms with E-state index < -0.39 is 0 Å². The fourth-order valence-electron chi connectivity index (χ4n) is 7.84. The Morgan fingerprint density at radius 1 is 0.289 bits per heavy atom. The van der Waals surface area contributed by atoms with Gasteiger partial charge in [-0.15, -0.1) is 0 Å². The number of nitrogens with zero attached hydrogens (tertiary/aromatic N) is 2. The summed E-state index contributed by atoms with van der Waals surface area (Å²) in [5.74, 6) is 0. The highest BCUT2D eigenvalue weighted by Gasteiger charge is 2.24. The van der Waals surface area contributed by atoms with Gasteiger partial charge < -0.3 is 8.80 Å². The van der Waals surface area contributed by atoms with Gasteiger partial charge in [-0.25, -0.2) is 0 Å². The fraction of sp³-hybridized carbons (Fsp3) is 0. The first-order valence-electron chi connectivity index (χ1n) is 13.3. The van der Waals surface area contributed by atoms with Crippen LogP contribution in [0.2, 0.25) is 0 Å². The summed E-state index contributed by atoms with van der Waals surface area (Å²) in [5, 5.41) is 13.5. The first-order chi connectivity index (χ1) is 18.9. The van der Waals surface area contributed by atoms with Gasteiger partial charge in [-0.1, -0.05) is 78.9 Å². The van der Waals surface area contributed by atoms with Crippen LogP contribution < -0.4 is 0 Å². The zero-order valence-corrected chi connectivity index (χ0v) is 20.3. The summed E-state index contributed by atoms with van der Waals surface area (Å²) in [6.07, 6.45) is 0. The molecule has 0 amide bonds. The molecular weight excluding hydrogens is 460 g/mol. The van der Waals surface area contributed by atoms with E-state index in [0.717, 1.165) is 0 Å². The maximum atomic E-state index is 2.52. The lowest BCUT2D eigenvalue weighted by molar-refractivity contribution is 1.37. The second-order valence-electron chi connectivity index (χ2n) is 10.9. The maximum Gasteiger partial charge on any atom is 0.0621 e. The van der Waals surface area contributed by atoms with Crippen molar-refractivity contribution in [2.45, 2.75) is 0 Å². The second-order valence-corrected chi connectivity index (χ2v) is 10.9. The molecule has 0 aliphatic carbocycles. The molecule has 5 aromatic heterocycles. The van der Waals surface area contributed by atoms with E-state index in [1.165, 1.54) is 98.1 Å². The lowest BCUT2D eigenvalue weighted by Crippen LogP contribution is -1.82. The molecule has 0 aliphatic heterocycles. The van der Waals surface area contributed by atoms with Gasteiger partial charge in [0.05, 0.1) is 33.1 Å². The fourth-order valence-corrected chi connectivity index (χ4v) is 7.84. The van der Waals surface area contributed by atoms with Crippen LogP contribution >= 0.6 is 0 Å². The number of hydrogen-bond acceptors (Lipinski definition) is 0. The van der Waals surface area contributed by atoms with Crippen LogP contribution in [0.4, 0.5) is 0 Å². The Kier molecular flexibility index (Phi) is 2.75. The quantitative estimate of drug-likeness (QED) is 0.222. The highest BCUT2D eigenvalue weighted by molar-refractivity contribution is 6.34. The molecule has 0 unspecified atom stereocenters. The lowest BCUT2D eigenvalue weighted by atomic mass is 9.98. The minimum Gasteiger partial charge on any atom is -0.308 e. The third-order valence-corrected chi connectivity index (χ3v) is 9.28. The van der Waals surface area contributed by atoms with Crippen molar-refractivity contribution in [2.75, 3.05) is 0 Å². The van der Waals surface area contributed by atoms with Crippen molar-refractivity contribution in [1.82, 2.24) is 8.80 Å². The van der Waals surface area contributed by atoms with E-state index in [2.05, 4.69) is 118 Å². The lowest BCUT2D eigenvalue weighted by Gasteiger charge is -2.06. The van der Waals surface area contributed by atoms with E-state index in [0.29, 0.717) is 0 Å². The summed E-state index contributed by atoms with van der Waals surface area (Å²) in [6, 6.07) is 41.0. The zero-order valence-electron chi connectivity index (χ0n) is 20.3. The average Bonchev–Trinajstić information content (AvgIpc) is 3.75. The molecule has 11 aromatic rings. The van der Waals surface area contributed by atoms with Gasteiger partial charge in [0.1, 0.15) is 0 Å². The van der Waals surface area contributed by atoms with Crippen LogP contribution in [0, 0.1) is 0 Å². The Bertz CT molecular complexity index is 2620. The molecule has 0 aliphatic rings. The van der Waals surface area contributed by atoms with Gasteiger partial charge >= 0.3 is 0 Å². The predicted molar refractivity (Wildman–Crippen MR) is 161 cm³/mol. The molecule has 0 atom stereocenters. The van der Waals surface area contributed by atoms with E-state index in [1.807, 2.05) is 0 Å². The minimum atomic E-state index is 1.27. The molecule has 0 fully saturated rings. The van der Waals surface area contributed by atoms with Crippen molar-refractivity contribution < 1.29 is 0 Å². The van der Waals surface area contributed by atoms with Gasteiger partial charge in [0.25, 0.3) is 0 Å². The highest BCUT2D eigenvalue weighted by atomic mass is 14.9. The summed E-state index contributed by atoms with van der Waals surface area (Å²) in [4.78, 5) is 0. The molecule has 6 aromatic carbocycles. The molecule has 0 N–H and O–H groups in total. The van der Waals surface area contributed by atoms with Crippen LogP contribution in [0.25, 0.3) is 98.1 Å². The molecule has 11 rings (SSSR count). The van der Waals surface area contributed by atoms with Gasteiger partial charge in [-0.05, 0) is 41.5 Å².